The van der Waals surface area contributed by atoms with Crippen molar-refractivity contribution >= 4 is 35.1 Å². The Balaban J connectivity index is 1.48. The summed E-state index contributed by atoms with van der Waals surface area (Å²) < 4.78 is 27.8. The van der Waals surface area contributed by atoms with Crippen molar-refractivity contribution < 1.29 is 18.4 Å². The number of hydrogen-bond acceptors (Lipinski definition) is 3. The minimum atomic E-state index is -1.36. The monoisotopic (exact) mass is 493 g/mol. The summed E-state index contributed by atoms with van der Waals surface area (Å²) in [5.74, 6) is -0.248. The Morgan fingerprint density at radius 1 is 1.03 bits per heavy atom. The van der Waals surface area contributed by atoms with Crippen LogP contribution < -0.4 is 10.2 Å². The highest BCUT2D eigenvalue weighted by Gasteiger charge is 2.59. The van der Waals surface area contributed by atoms with E-state index in [-0.39, 0.29) is 18.3 Å². The molecule has 2 heterocycles. The predicted molar refractivity (Wildman–Crippen MR) is 134 cm³/mol. The van der Waals surface area contributed by atoms with E-state index >= 15 is 0 Å². The molecule has 1 atom stereocenters. The minimum absolute atomic E-state index is 0.187. The van der Waals surface area contributed by atoms with Crippen LogP contribution in [-0.4, -0.2) is 29.1 Å². The van der Waals surface area contributed by atoms with Crippen LogP contribution in [0.2, 0.25) is 0 Å². The van der Waals surface area contributed by atoms with E-state index in [4.69, 9.17) is 0 Å². The number of amides is 3. The first-order valence-corrected chi connectivity index (χ1v) is 12.5. The van der Waals surface area contributed by atoms with Crippen LogP contribution in [0.15, 0.2) is 66.7 Å². The third-order valence-corrected chi connectivity index (χ3v) is 7.90. The molecule has 1 spiro atoms. The number of nitrogens with one attached hydrogen (secondary N) is 1. The SMILES string of the molecule is CC(C)c1ccc(NC(=O)N2CCS[C@]23C(=O)N(Cc2ccc(F)cc2)c2ccc(F)cc23)cc1. The zero-order valence-corrected chi connectivity index (χ0v) is 20.2. The molecule has 1 fully saturated rings. The zero-order chi connectivity index (χ0) is 24.7. The van der Waals surface area contributed by atoms with E-state index in [2.05, 4.69) is 19.2 Å². The highest BCUT2D eigenvalue weighted by atomic mass is 32.2. The van der Waals surface area contributed by atoms with Gasteiger partial charge in [0.1, 0.15) is 11.6 Å². The predicted octanol–water partition coefficient (Wildman–Crippen LogP) is 6.07. The number of carbonyl (C=O) groups is 2. The maximum Gasteiger partial charge on any atom is 0.323 e. The number of rotatable bonds is 4. The first-order chi connectivity index (χ1) is 16.8. The van der Waals surface area contributed by atoms with Gasteiger partial charge in [-0.2, -0.15) is 0 Å². The molecule has 35 heavy (non-hydrogen) atoms. The van der Waals surface area contributed by atoms with Crippen molar-refractivity contribution in [2.75, 3.05) is 22.5 Å². The molecule has 5 rings (SSSR count). The summed E-state index contributed by atoms with van der Waals surface area (Å²) in [6.45, 7) is 4.72. The number of fused-ring (bicyclic) bond motifs is 2. The van der Waals surface area contributed by atoms with Gasteiger partial charge in [-0.3, -0.25) is 9.69 Å². The smallest absolute Gasteiger partial charge is 0.308 e. The molecule has 1 saturated heterocycles. The standard InChI is InChI=1S/C27H25F2N3O2S/c1-17(2)19-5-10-22(11-6-19)30-26(34)32-13-14-35-27(32)23-15-21(29)9-12-24(23)31(25(27)33)16-18-3-7-20(28)8-4-18/h3-12,15,17H,13-14,16H2,1-2H3,(H,30,34)/t27-/m1/s1. The second-order valence-corrected chi connectivity index (χ2v) is 10.3. The number of hydrogen-bond donors (Lipinski definition) is 1. The highest BCUT2D eigenvalue weighted by molar-refractivity contribution is 8.01. The Morgan fingerprint density at radius 3 is 2.40 bits per heavy atom. The molecule has 2 aliphatic rings. The fraction of sp³-hybridized carbons (Fsp3) is 0.259. The number of anilines is 2. The lowest BCUT2D eigenvalue weighted by Gasteiger charge is -2.33. The Kier molecular flexibility index (Phi) is 6.01. The van der Waals surface area contributed by atoms with E-state index in [0.29, 0.717) is 35.2 Å². The van der Waals surface area contributed by atoms with Crippen LogP contribution in [0.4, 0.5) is 25.0 Å². The Bertz CT molecular complexity index is 1280. The number of urea groups is 1. The second-order valence-electron chi connectivity index (χ2n) is 9.03. The lowest BCUT2D eigenvalue weighted by molar-refractivity contribution is -0.123. The van der Waals surface area contributed by atoms with Crippen molar-refractivity contribution in [1.82, 2.24) is 4.90 Å². The maximum atomic E-state index is 14.4. The molecule has 0 aliphatic carbocycles. The summed E-state index contributed by atoms with van der Waals surface area (Å²) in [5, 5.41) is 2.91. The van der Waals surface area contributed by atoms with Crippen LogP contribution in [0.1, 0.15) is 36.5 Å². The van der Waals surface area contributed by atoms with Gasteiger partial charge in [-0.15, -0.1) is 11.8 Å². The second kappa shape index (κ2) is 9.00. The fourth-order valence-corrected chi connectivity index (χ4v) is 6.11. The minimum Gasteiger partial charge on any atom is -0.308 e. The highest BCUT2D eigenvalue weighted by Crippen LogP contribution is 2.54. The van der Waals surface area contributed by atoms with E-state index < -0.39 is 16.7 Å². The average molecular weight is 494 g/mol. The van der Waals surface area contributed by atoms with Crippen molar-refractivity contribution in [2.24, 2.45) is 0 Å². The van der Waals surface area contributed by atoms with Crippen molar-refractivity contribution in [3.05, 3.63) is 95.1 Å². The van der Waals surface area contributed by atoms with Crippen molar-refractivity contribution in [3.63, 3.8) is 0 Å². The van der Waals surface area contributed by atoms with Gasteiger partial charge in [0.25, 0.3) is 5.91 Å². The Morgan fingerprint density at radius 2 is 1.71 bits per heavy atom. The summed E-state index contributed by atoms with van der Waals surface area (Å²) in [4.78, 5) is 29.1. The summed E-state index contributed by atoms with van der Waals surface area (Å²) in [6.07, 6.45) is 0. The molecule has 0 unspecified atom stereocenters. The molecule has 180 valence electrons. The molecular formula is C27H25F2N3O2S. The van der Waals surface area contributed by atoms with Crippen molar-refractivity contribution in [1.29, 1.82) is 0 Å². The van der Waals surface area contributed by atoms with Gasteiger partial charge in [0, 0.05) is 23.5 Å². The molecule has 8 heteroatoms. The van der Waals surface area contributed by atoms with Crippen LogP contribution in [0.25, 0.3) is 0 Å². The molecule has 2 aliphatic heterocycles. The first-order valence-electron chi connectivity index (χ1n) is 11.5. The van der Waals surface area contributed by atoms with Crippen LogP contribution in [0.5, 0.6) is 0 Å². The van der Waals surface area contributed by atoms with Gasteiger partial charge in [-0.25, -0.2) is 13.6 Å². The van der Waals surface area contributed by atoms with Gasteiger partial charge in [0.2, 0.25) is 0 Å². The third-order valence-electron chi connectivity index (χ3n) is 6.48. The van der Waals surface area contributed by atoms with Crippen molar-refractivity contribution in [2.45, 2.75) is 31.2 Å². The topological polar surface area (TPSA) is 52.7 Å². The number of thioether (sulfide) groups is 1. The number of halogens is 2. The number of carbonyl (C=O) groups excluding carboxylic acids is 2. The van der Waals surface area contributed by atoms with Crippen LogP contribution in [0, 0.1) is 11.6 Å². The Hall–Kier alpha value is -3.39. The molecule has 0 aromatic heterocycles. The summed E-state index contributed by atoms with van der Waals surface area (Å²) in [6, 6.07) is 17.3. The van der Waals surface area contributed by atoms with Gasteiger partial charge in [0.05, 0.1) is 12.2 Å². The van der Waals surface area contributed by atoms with E-state index in [0.717, 1.165) is 11.1 Å². The lowest BCUT2D eigenvalue weighted by Crippen LogP contribution is -2.51. The number of nitrogens with zero attached hydrogens (tertiary/aromatic N) is 2. The molecule has 3 aromatic carbocycles. The van der Waals surface area contributed by atoms with Gasteiger partial charge >= 0.3 is 6.03 Å². The van der Waals surface area contributed by atoms with Gasteiger partial charge < -0.3 is 10.2 Å². The average Bonchev–Trinajstić information content (AvgIpc) is 3.38. The zero-order valence-electron chi connectivity index (χ0n) is 19.4. The quantitative estimate of drug-likeness (QED) is 0.480. The van der Waals surface area contributed by atoms with E-state index in [1.54, 1.807) is 23.1 Å². The lowest BCUT2D eigenvalue weighted by atomic mass is 10.0. The van der Waals surface area contributed by atoms with E-state index in [1.165, 1.54) is 40.9 Å². The molecule has 1 N–H and O–H groups in total. The van der Waals surface area contributed by atoms with E-state index in [1.807, 2.05) is 24.3 Å². The number of benzene rings is 3. The molecule has 5 nitrogen and oxygen atoms in total. The summed E-state index contributed by atoms with van der Waals surface area (Å²) >= 11 is 1.33. The largest absolute Gasteiger partial charge is 0.323 e. The molecule has 0 radical (unpaired) electrons. The van der Waals surface area contributed by atoms with E-state index in [9.17, 15) is 18.4 Å². The fourth-order valence-electron chi connectivity index (χ4n) is 4.66. The molecule has 3 aromatic rings. The van der Waals surface area contributed by atoms with Crippen LogP contribution in [0.3, 0.4) is 0 Å². The molecule has 0 bridgehead atoms. The summed E-state index contributed by atoms with van der Waals surface area (Å²) in [7, 11) is 0. The third kappa shape index (κ3) is 4.05. The normalized spacial score (nSPS) is 19.1. The molecule has 3 amide bonds. The van der Waals surface area contributed by atoms with Crippen molar-refractivity contribution in [3.8, 4) is 0 Å². The summed E-state index contributed by atoms with van der Waals surface area (Å²) in [5.41, 5.74) is 3.52. The van der Waals surface area contributed by atoms with Gasteiger partial charge in [-0.1, -0.05) is 38.1 Å². The maximum absolute atomic E-state index is 14.4. The molecule has 0 saturated carbocycles. The van der Waals surface area contributed by atoms with Crippen LogP contribution in [-0.2, 0) is 16.2 Å². The molecular weight excluding hydrogens is 468 g/mol. The van der Waals surface area contributed by atoms with Gasteiger partial charge in [0.15, 0.2) is 4.87 Å². The Labute approximate surface area is 207 Å². The first kappa shape index (κ1) is 23.4. The van der Waals surface area contributed by atoms with Crippen LogP contribution >= 0.6 is 11.8 Å². The van der Waals surface area contributed by atoms with Gasteiger partial charge in [-0.05, 0) is 59.5 Å².